The maximum Gasteiger partial charge on any atom is 0.306 e. The average Bonchev–Trinajstić information content (AvgIpc) is 3.41. The average molecular weight is 1050 g/mol. The molecule has 0 spiro atoms. The number of hydrogen-bond donors (Lipinski definition) is 0. The molecule has 0 aliphatic carbocycles. The number of unbranched alkanes of at least 4 members (excludes halogenated alkanes) is 42. The molecule has 6 nitrogen and oxygen atoms in total. The lowest BCUT2D eigenvalue weighted by molar-refractivity contribution is -0.167. The molecule has 438 valence electrons. The molecular weight excluding hydrogens is 925 g/mol. The fourth-order valence-corrected chi connectivity index (χ4v) is 9.87. The molecule has 0 aromatic carbocycles. The smallest absolute Gasteiger partial charge is 0.306 e. The third kappa shape index (κ3) is 62.1. The minimum Gasteiger partial charge on any atom is -0.462 e. The van der Waals surface area contributed by atoms with Crippen molar-refractivity contribution < 1.29 is 28.6 Å². The summed E-state index contributed by atoms with van der Waals surface area (Å²) in [5.41, 5.74) is 0. The fraction of sp³-hybridized carbons (Fsp3) is 0.841. The van der Waals surface area contributed by atoms with Crippen molar-refractivity contribution in [3.63, 3.8) is 0 Å². The highest BCUT2D eigenvalue weighted by Crippen LogP contribution is 2.18. The van der Waals surface area contributed by atoms with Gasteiger partial charge >= 0.3 is 17.9 Å². The van der Waals surface area contributed by atoms with Crippen LogP contribution in [0.4, 0.5) is 0 Å². The normalized spacial score (nSPS) is 12.3. The molecule has 0 saturated heterocycles. The molecule has 0 heterocycles. The minimum atomic E-state index is -0.774. The quantitative estimate of drug-likeness (QED) is 0.0261. The SMILES string of the molecule is CC/C=C\C/C=C\C/C=C\CCCCCCCCCC(=O)OC(COC(=O)CCCCCCCCC)COC(=O)CCCCCCCCCCCCCCCCCCCCCCC/C=C\CCCCCCCCCC. The van der Waals surface area contributed by atoms with Gasteiger partial charge in [0.25, 0.3) is 0 Å². The topological polar surface area (TPSA) is 78.9 Å². The first-order valence-electron chi connectivity index (χ1n) is 33.1. The van der Waals surface area contributed by atoms with E-state index in [1.54, 1.807) is 0 Å². The summed E-state index contributed by atoms with van der Waals surface area (Å²) in [5, 5.41) is 0. The van der Waals surface area contributed by atoms with Crippen LogP contribution in [0, 0.1) is 0 Å². The van der Waals surface area contributed by atoms with Crippen LogP contribution in [0.3, 0.4) is 0 Å². The van der Waals surface area contributed by atoms with Gasteiger partial charge in [-0.15, -0.1) is 0 Å². The molecule has 0 saturated carbocycles. The molecule has 0 bridgehead atoms. The molecule has 0 fully saturated rings. The summed E-state index contributed by atoms with van der Waals surface area (Å²) in [4.78, 5) is 38.0. The summed E-state index contributed by atoms with van der Waals surface area (Å²) in [7, 11) is 0. The van der Waals surface area contributed by atoms with Crippen molar-refractivity contribution in [3.05, 3.63) is 48.6 Å². The van der Waals surface area contributed by atoms with Gasteiger partial charge in [-0.25, -0.2) is 0 Å². The van der Waals surface area contributed by atoms with Gasteiger partial charge in [-0.2, -0.15) is 0 Å². The zero-order valence-electron chi connectivity index (χ0n) is 50.3. The first-order chi connectivity index (χ1) is 37.0. The van der Waals surface area contributed by atoms with Crippen molar-refractivity contribution in [1.29, 1.82) is 0 Å². The van der Waals surface area contributed by atoms with E-state index in [0.29, 0.717) is 19.3 Å². The molecule has 0 aliphatic rings. The summed E-state index contributed by atoms with van der Waals surface area (Å²) in [5.74, 6) is -0.872. The van der Waals surface area contributed by atoms with Crippen LogP contribution in [0.5, 0.6) is 0 Å². The maximum absolute atomic E-state index is 12.8. The van der Waals surface area contributed by atoms with E-state index < -0.39 is 6.10 Å². The van der Waals surface area contributed by atoms with Gasteiger partial charge in [0.1, 0.15) is 13.2 Å². The van der Waals surface area contributed by atoms with Crippen molar-refractivity contribution >= 4 is 17.9 Å². The summed E-state index contributed by atoms with van der Waals surface area (Å²) in [6, 6.07) is 0. The summed E-state index contributed by atoms with van der Waals surface area (Å²) in [6.07, 6.45) is 80.3. The molecule has 0 amide bonds. The Labute approximate surface area is 467 Å². The predicted molar refractivity (Wildman–Crippen MR) is 325 cm³/mol. The second-order valence-electron chi connectivity index (χ2n) is 22.4. The van der Waals surface area contributed by atoms with Crippen LogP contribution in [0.1, 0.15) is 355 Å². The van der Waals surface area contributed by atoms with Gasteiger partial charge in [0.2, 0.25) is 0 Å². The molecule has 0 rings (SSSR count). The molecule has 6 heteroatoms. The van der Waals surface area contributed by atoms with Crippen LogP contribution in [0.2, 0.25) is 0 Å². The van der Waals surface area contributed by atoms with Crippen LogP contribution in [0.25, 0.3) is 0 Å². The van der Waals surface area contributed by atoms with Crippen LogP contribution >= 0.6 is 0 Å². The van der Waals surface area contributed by atoms with Gasteiger partial charge in [0.15, 0.2) is 6.10 Å². The van der Waals surface area contributed by atoms with Crippen LogP contribution < -0.4 is 0 Å². The van der Waals surface area contributed by atoms with E-state index >= 15 is 0 Å². The lowest BCUT2D eigenvalue weighted by Gasteiger charge is -2.18. The van der Waals surface area contributed by atoms with Crippen molar-refractivity contribution in [3.8, 4) is 0 Å². The minimum absolute atomic E-state index is 0.0733. The third-order valence-electron chi connectivity index (χ3n) is 14.8. The van der Waals surface area contributed by atoms with Crippen molar-refractivity contribution in [2.45, 2.75) is 361 Å². The molecule has 0 radical (unpaired) electrons. The summed E-state index contributed by atoms with van der Waals surface area (Å²) < 4.78 is 16.8. The Balaban J connectivity index is 3.97. The molecular formula is C69H126O6. The fourth-order valence-electron chi connectivity index (χ4n) is 9.87. The standard InChI is InChI=1S/C69H126O6/c1-4-7-10-13-16-18-20-22-24-26-27-28-29-30-31-32-33-34-35-36-37-38-39-40-41-43-44-46-48-50-53-56-59-62-68(71)74-65-66(64-73-67(70)61-58-55-52-15-12-9-6-3)75-69(72)63-60-57-54-51-49-47-45-42-25-23-21-19-17-14-11-8-5-2/h8,11,17,19,23,25-27,66H,4-7,9-10,12-16,18,20-22,24,28-65H2,1-3H3/b11-8-,19-17-,25-23-,27-26-. The summed E-state index contributed by atoms with van der Waals surface area (Å²) >= 11 is 0. The molecule has 0 N–H and O–H groups in total. The Bertz CT molecular complexity index is 1300. The van der Waals surface area contributed by atoms with E-state index in [4.69, 9.17) is 14.2 Å². The Morgan fingerprint density at radius 3 is 0.827 bits per heavy atom. The number of allylic oxidation sites excluding steroid dienone is 8. The van der Waals surface area contributed by atoms with Gasteiger partial charge in [-0.1, -0.05) is 307 Å². The van der Waals surface area contributed by atoms with Gasteiger partial charge < -0.3 is 14.2 Å². The Hall–Kier alpha value is -2.63. The largest absolute Gasteiger partial charge is 0.462 e. The van der Waals surface area contributed by atoms with Crippen LogP contribution in [-0.2, 0) is 28.6 Å². The van der Waals surface area contributed by atoms with E-state index in [1.807, 2.05) is 0 Å². The van der Waals surface area contributed by atoms with Gasteiger partial charge in [-0.05, 0) is 77.0 Å². The Morgan fingerprint density at radius 2 is 0.520 bits per heavy atom. The number of esters is 3. The van der Waals surface area contributed by atoms with Crippen molar-refractivity contribution in [2.24, 2.45) is 0 Å². The molecule has 0 aromatic rings. The zero-order valence-corrected chi connectivity index (χ0v) is 50.3. The van der Waals surface area contributed by atoms with Crippen LogP contribution in [0.15, 0.2) is 48.6 Å². The Morgan fingerprint density at radius 1 is 0.280 bits per heavy atom. The summed E-state index contributed by atoms with van der Waals surface area (Å²) in [6.45, 7) is 6.52. The first kappa shape index (κ1) is 72.4. The lowest BCUT2D eigenvalue weighted by atomic mass is 10.0. The number of rotatable bonds is 61. The van der Waals surface area contributed by atoms with Crippen molar-refractivity contribution in [1.82, 2.24) is 0 Å². The van der Waals surface area contributed by atoms with Crippen LogP contribution in [-0.4, -0.2) is 37.2 Å². The third-order valence-corrected chi connectivity index (χ3v) is 14.8. The predicted octanol–water partition coefficient (Wildman–Crippen LogP) is 22.6. The van der Waals surface area contributed by atoms with E-state index in [0.717, 1.165) is 83.5 Å². The van der Waals surface area contributed by atoms with E-state index in [-0.39, 0.29) is 31.1 Å². The number of ether oxygens (including phenoxy) is 3. The molecule has 75 heavy (non-hydrogen) atoms. The highest BCUT2D eigenvalue weighted by molar-refractivity contribution is 5.71. The number of carbonyl (C=O) groups excluding carboxylic acids is 3. The molecule has 1 atom stereocenters. The van der Waals surface area contributed by atoms with Gasteiger partial charge in [0.05, 0.1) is 0 Å². The van der Waals surface area contributed by atoms with Crippen molar-refractivity contribution in [2.75, 3.05) is 13.2 Å². The van der Waals surface area contributed by atoms with E-state index in [2.05, 4.69) is 69.4 Å². The monoisotopic (exact) mass is 1050 g/mol. The Kier molecular flexibility index (Phi) is 61.7. The van der Waals surface area contributed by atoms with E-state index in [9.17, 15) is 14.4 Å². The molecule has 0 aromatic heterocycles. The van der Waals surface area contributed by atoms with E-state index in [1.165, 1.54) is 231 Å². The van der Waals surface area contributed by atoms with Gasteiger partial charge in [-0.3, -0.25) is 14.4 Å². The number of hydrogen-bond acceptors (Lipinski definition) is 6. The second kappa shape index (κ2) is 63.9. The second-order valence-corrected chi connectivity index (χ2v) is 22.4. The first-order valence-corrected chi connectivity index (χ1v) is 33.1. The molecule has 0 aliphatic heterocycles. The highest BCUT2D eigenvalue weighted by Gasteiger charge is 2.19. The zero-order chi connectivity index (χ0) is 54.3. The maximum atomic E-state index is 12.8. The molecule has 1 unspecified atom stereocenters. The lowest BCUT2D eigenvalue weighted by Crippen LogP contribution is -2.30. The number of carbonyl (C=O) groups is 3. The highest BCUT2D eigenvalue weighted by atomic mass is 16.6. The van der Waals surface area contributed by atoms with Gasteiger partial charge in [0, 0.05) is 19.3 Å².